The number of hydrogen-bond donors (Lipinski definition) is 0. The van der Waals surface area contributed by atoms with Crippen LogP contribution < -0.4 is 0 Å². The summed E-state index contributed by atoms with van der Waals surface area (Å²) in [5, 5.41) is 0.210. The van der Waals surface area contributed by atoms with E-state index in [1.165, 1.54) is 5.56 Å². The van der Waals surface area contributed by atoms with Gasteiger partial charge in [0.2, 0.25) is 0 Å². The van der Waals surface area contributed by atoms with E-state index in [-0.39, 0.29) is 11.1 Å². The van der Waals surface area contributed by atoms with Gasteiger partial charge in [-0.1, -0.05) is 75.9 Å². The highest BCUT2D eigenvalue weighted by molar-refractivity contribution is 6.74. The first-order valence-corrected chi connectivity index (χ1v) is 9.71. The molecule has 0 N–H and O–H groups in total. The molecule has 0 spiro atoms. The lowest BCUT2D eigenvalue weighted by molar-refractivity contribution is 0.229. The minimum atomic E-state index is -1.79. The Morgan fingerprint density at radius 2 is 1.74 bits per heavy atom. The summed E-state index contributed by atoms with van der Waals surface area (Å²) >= 11 is 0. The molecule has 0 fully saturated rings. The molecule has 0 aliphatic rings. The highest BCUT2D eigenvalue weighted by atomic mass is 28.4. The Kier molecular flexibility index (Phi) is 5.33. The summed E-state index contributed by atoms with van der Waals surface area (Å²) in [6.45, 7) is 15.1. The molecule has 0 saturated heterocycles. The molecule has 2 heteroatoms. The van der Waals surface area contributed by atoms with Gasteiger partial charge < -0.3 is 4.43 Å². The minimum Gasteiger partial charge on any atom is -0.407 e. The van der Waals surface area contributed by atoms with Crippen LogP contribution >= 0.6 is 0 Å². The first kappa shape index (κ1) is 15.9. The summed E-state index contributed by atoms with van der Waals surface area (Å²) in [5.74, 6) is 0. The number of hydrogen-bond acceptors (Lipinski definition) is 1. The lowest BCUT2D eigenvalue weighted by Crippen LogP contribution is -2.41. The smallest absolute Gasteiger partial charge is 0.193 e. The van der Waals surface area contributed by atoms with E-state index >= 15 is 0 Å². The first-order valence-electron chi connectivity index (χ1n) is 6.80. The predicted octanol–water partition coefficient (Wildman–Crippen LogP) is 5.49. The summed E-state index contributed by atoms with van der Waals surface area (Å²) in [6.07, 6.45) is 5.86. The highest BCUT2D eigenvalue weighted by Gasteiger charge is 2.38. The zero-order valence-corrected chi connectivity index (χ0v) is 13.8. The molecule has 1 rings (SSSR count). The largest absolute Gasteiger partial charge is 0.407 e. The Morgan fingerprint density at radius 1 is 1.16 bits per heavy atom. The lowest BCUT2D eigenvalue weighted by atomic mass is 10.1. The van der Waals surface area contributed by atoms with Crippen LogP contribution in [0.5, 0.6) is 0 Å². The van der Waals surface area contributed by atoms with Crippen molar-refractivity contribution in [2.75, 3.05) is 0 Å². The molecular formula is C17H26OSi. The molecule has 0 radical (unpaired) electrons. The van der Waals surface area contributed by atoms with Crippen molar-refractivity contribution in [3.63, 3.8) is 0 Å². The molecule has 104 valence electrons. The van der Waals surface area contributed by atoms with Crippen molar-refractivity contribution in [2.45, 2.75) is 45.0 Å². The lowest BCUT2D eigenvalue weighted by Gasteiger charge is -2.38. The molecule has 1 atom stereocenters. The molecule has 0 aliphatic heterocycles. The fourth-order valence-electron chi connectivity index (χ4n) is 1.53. The van der Waals surface area contributed by atoms with Gasteiger partial charge in [-0.25, -0.2) is 0 Å². The van der Waals surface area contributed by atoms with Gasteiger partial charge in [-0.05, 0) is 23.7 Å². The van der Waals surface area contributed by atoms with E-state index in [0.717, 1.165) is 0 Å². The van der Waals surface area contributed by atoms with Crippen LogP contribution in [0.25, 0.3) is 0 Å². The Morgan fingerprint density at radius 3 is 2.21 bits per heavy atom. The van der Waals surface area contributed by atoms with Crippen molar-refractivity contribution < 1.29 is 4.43 Å². The van der Waals surface area contributed by atoms with Crippen molar-refractivity contribution in [3.05, 3.63) is 60.7 Å². The van der Waals surface area contributed by atoms with E-state index in [4.69, 9.17) is 4.43 Å². The Balaban J connectivity index is 3.00. The van der Waals surface area contributed by atoms with Crippen LogP contribution in [-0.4, -0.2) is 8.32 Å². The van der Waals surface area contributed by atoms with E-state index in [9.17, 15) is 0 Å². The summed E-state index contributed by atoms with van der Waals surface area (Å²) in [6, 6.07) is 10.4. The maximum atomic E-state index is 6.49. The van der Waals surface area contributed by atoms with E-state index < -0.39 is 8.32 Å². The average Bonchev–Trinajstić information content (AvgIpc) is 2.34. The van der Waals surface area contributed by atoms with Crippen LogP contribution in [-0.2, 0) is 4.43 Å². The maximum Gasteiger partial charge on any atom is 0.193 e. The molecule has 0 bridgehead atoms. The highest BCUT2D eigenvalue weighted by Crippen LogP contribution is 2.40. The molecule has 0 aliphatic carbocycles. The van der Waals surface area contributed by atoms with Gasteiger partial charge in [0.15, 0.2) is 8.32 Å². The van der Waals surface area contributed by atoms with Crippen LogP contribution in [0.4, 0.5) is 0 Å². The Labute approximate surface area is 119 Å². The topological polar surface area (TPSA) is 9.23 Å². The van der Waals surface area contributed by atoms with Gasteiger partial charge in [-0.2, -0.15) is 0 Å². The number of rotatable bonds is 5. The molecule has 19 heavy (non-hydrogen) atoms. The average molecular weight is 274 g/mol. The summed E-state index contributed by atoms with van der Waals surface area (Å²) in [7, 11) is -1.79. The Hall–Kier alpha value is -1.12. The SMILES string of the molecule is C=C/C=C/[C@H](O[Si](C)(C)C(C)(C)C)c1ccccc1. The molecule has 1 aromatic rings. The predicted molar refractivity (Wildman–Crippen MR) is 86.8 cm³/mol. The van der Waals surface area contributed by atoms with E-state index in [1.807, 2.05) is 12.1 Å². The zero-order chi connectivity index (χ0) is 14.5. The van der Waals surface area contributed by atoms with Gasteiger partial charge in [0.1, 0.15) is 0 Å². The van der Waals surface area contributed by atoms with Crippen LogP contribution in [0.15, 0.2) is 55.1 Å². The fraction of sp³-hybridized carbons (Fsp3) is 0.412. The molecule has 0 heterocycles. The molecular weight excluding hydrogens is 248 g/mol. The normalized spacial score (nSPS) is 14.6. The number of benzene rings is 1. The van der Waals surface area contributed by atoms with Gasteiger partial charge >= 0.3 is 0 Å². The third-order valence-electron chi connectivity index (χ3n) is 3.78. The molecule has 0 saturated carbocycles. The fourth-order valence-corrected chi connectivity index (χ4v) is 2.74. The second-order valence-electron chi connectivity index (χ2n) is 6.33. The standard InChI is InChI=1S/C17H26OSi/c1-7-8-14-16(15-12-10-9-11-13-15)18-19(5,6)17(2,3)4/h7-14,16H,1H2,2-6H3/b14-8+/t16-/m0/s1. The molecule has 1 nitrogen and oxygen atoms in total. The van der Waals surface area contributed by atoms with Gasteiger partial charge in [0, 0.05) is 0 Å². The van der Waals surface area contributed by atoms with Crippen LogP contribution in [0.2, 0.25) is 18.1 Å². The quantitative estimate of drug-likeness (QED) is 0.509. The van der Waals surface area contributed by atoms with Gasteiger partial charge in [-0.3, -0.25) is 0 Å². The summed E-state index contributed by atoms with van der Waals surface area (Å²) in [5.41, 5.74) is 1.20. The third-order valence-corrected chi connectivity index (χ3v) is 8.23. The molecule has 0 amide bonds. The Bertz CT molecular complexity index is 426. The number of allylic oxidation sites excluding steroid dienone is 2. The minimum absolute atomic E-state index is 0.0140. The second kappa shape index (κ2) is 6.35. The first-order chi connectivity index (χ1) is 8.78. The maximum absolute atomic E-state index is 6.49. The van der Waals surface area contributed by atoms with Crippen molar-refractivity contribution in [3.8, 4) is 0 Å². The van der Waals surface area contributed by atoms with Gasteiger partial charge in [0.25, 0.3) is 0 Å². The van der Waals surface area contributed by atoms with Crippen LogP contribution in [0.3, 0.4) is 0 Å². The van der Waals surface area contributed by atoms with E-state index in [0.29, 0.717) is 0 Å². The molecule has 0 unspecified atom stereocenters. The van der Waals surface area contributed by atoms with Gasteiger partial charge in [0.05, 0.1) is 6.10 Å². The van der Waals surface area contributed by atoms with Crippen molar-refractivity contribution in [1.82, 2.24) is 0 Å². The summed E-state index contributed by atoms with van der Waals surface area (Å²) in [4.78, 5) is 0. The monoisotopic (exact) mass is 274 g/mol. The van der Waals surface area contributed by atoms with Crippen LogP contribution in [0, 0.1) is 0 Å². The van der Waals surface area contributed by atoms with Crippen LogP contribution in [0.1, 0.15) is 32.4 Å². The second-order valence-corrected chi connectivity index (χ2v) is 11.1. The van der Waals surface area contributed by atoms with Crippen molar-refractivity contribution >= 4 is 8.32 Å². The summed E-state index contributed by atoms with van der Waals surface area (Å²) < 4.78 is 6.49. The van der Waals surface area contributed by atoms with Crippen molar-refractivity contribution in [1.29, 1.82) is 0 Å². The molecule has 1 aromatic carbocycles. The van der Waals surface area contributed by atoms with E-state index in [1.54, 1.807) is 6.08 Å². The zero-order valence-electron chi connectivity index (χ0n) is 12.8. The van der Waals surface area contributed by atoms with Crippen molar-refractivity contribution in [2.24, 2.45) is 0 Å². The molecule has 0 aromatic heterocycles. The third kappa shape index (κ3) is 4.48. The van der Waals surface area contributed by atoms with Gasteiger partial charge in [-0.15, -0.1) is 0 Å². The van der Waals surface area contributed by atoms with E-state index in [2.05, 4.69) is 70.8 Å².